The normalized spacial score (nSPS) is 19.6. The van der Waals surface area contributed by atoms with Gasteiger partial charge in [-0.05, 0) is 43.0 Å². The molecule has 1 saturated heterocycles. The second-order valence-corrected chi connectivity index (χ2v) is 9.38. The van der Waals surface area contributed by atoms with Crippen molar-refractivity contribution in [2.75, 3.05) is 6.61 Å². The highest BCUT2D eigenvalue weighted by Crippen LogP contribution is 2.36. The third-order valence-electron chi connectivity index (χ3n) is 6.84. The van der Waals surface area contributed by atoms with E-state index in [1.54, 1.807) is 6.08 Å². The summed E-state index contributed by atoms with van der Waals surface area (Å²) in [5.41, 5.74) is 0.103. The molecule has 0 aromatic heterocycles. The minimum Gasteiger partial charge on any atom is -0.458 e. The number of carbonyl (C=O) groups is 1. The summed E-state index contributed by atoms with van der Waals surface area (Å²) in [6, 6.07) is 8.84. The van der Waals surface area contributed by atoms with E-state index in [0.29, 0.717) is 18.6 Å². The maximum absolute atomic E-state index is 14.8. The molecule has 198 valence electrons. The van der Waals surface area contributed by atoms with Gasteiger partial charge in [0.25, 0.3) is 0 Å². The van der Waals surface area contributed by atoms with Gasteiger partial charge in [0.15, 0.2) is 23.3 Å². The largest absolute Gasteiger partial charge is 0.458 e. The van der Waals surface area contributed by atoms with Crippen LogP contribution in [0.5, 0.6) is 0 Å². The first-order valence-corrected chi connectivity index (χ1v) is 12.1. The van der Waals surface area contributed by atoms with Gasteiger partial charge in [-0.3, -0.25) is 0 Å². The Kier molecular flexibility index (Phi) is 7.07. The maximum Gasteiger partial charge on any atom is 0.341 e. The van der Waals surface area contributed by atoms with Crippen molar-refractivity contribution in [2.45, 2.75) is 44.5 Å². The van der Waals surface area contributed by atoms with E-state index in [2.05, 4.69) is 0 Å². The fourth-order valence-corrected chi connectivity index (χ4v) is 4.62. The lowest BCUT2D eigenvalue weighted by Gasteiger charge is -2.23. The van der Waals surface area contributed by atoms with Gasteiger partial charge in [0.05, 0.1) is 18.3 Å². The van der Waals surface area contributed by atoms with Crippen LogP contribution in [0.1, 0.15) is 65.4 Å². The molecule has 3 aromatic rings. The molecule has 3 aromatic carbocycles. The molecule has 9 heteroatoms. The van der Waals surface area contributed by atoms with Gasteiger partial charge in [-0.15, -0.1) is 0 Å². The summed E-state index contributed by atoms with van der Waals surface area (Å²) in [4.78, 5) is 12.6. The van der Waals surface area contributed by atoms with Gasteiger partial charge in [-0.1, -0.05) is 36.4 Å². The van der Waals surface area contributed by atoms with E-state index in [1.165, 1.54) is 37.3 Å². The summed E-state index contributed by atoms with van der Waals surface area (Å²) >= 11 is 0. The quantitative estimate of drug-likeness (QED) is 0.213. The highest BCUT2D eigenvalue weighted by molar-refractivity contribution is 5.90. The number of aliphatic hydroxyl groups excluding tert-OH is 1. The fraction of sp³-hybridized carbons (Fsp3) is 0.276. The first-order chi connectivity index (χ1) is 18.2. The van der Waals surface area contributed by atoms with Crippen molar-refractivity contribution >= 4 is 11.5 Å². The Labute approximate surface area is 215 Å². The van der Waals surface area contributed by atoms with Crippen LogP contribution in [0.25, 0.3) is 16.7 Å². The van der Waals surface area contributed by atoms with Crippen molar-refractivity contribution in [3.8, 4) is 11.1 Å². The van der Waals surface area contributed by atoms with E-state index in [0.717, 1.165) is 12.1 Å². The van der Waals surface area contributed by atoms with Crippen molar-refractivity contribution in [3.05, 3.63) is 99.9 Å². The van der Waals surface area contributed by atoms with Crippen LogP contribution >= 0.6 is 0 Å². The topological polar surface area (TPSA) is 59.1 Å². The van der Waals surface area contributed by atoms with Crippen LogP contribution < -0.4 is 0 Å². The number of hydrogen-bond acceptors (Lipinski definition) is 4. The third kappa shape index (κ3) is 4.96. The van der Waals surface area contributed by atoms with Crippen LogP contribution in [0.3, 0.4) is 0 Å². The second kappa shape index (κ2) is 10.3. The number of ether oxygens (including phenoxy) is 2. The Hall–Kier alpha value is -3.56. The standard InChI is InChI=1S/C29H23F5O4/c1-14(35)18-8-9-19(26(32)25(18)31)15-2-5-17(6-3-15)38-29(36)21-7-4-16(12-23(21)30)20-10-11-22(24-13-37-24)28(34)27(20)33/h2,4,7-12,14,17,24,35H,3,5-6,13H2,1H3. The van der Waals surface area contributed by atoms with Crippen LogP contribution in [-0.2, 0) is 9.47 Å². The van der Waals surface area contributed by atoms with E-state index in [9.17, 15) is 31.9 Å². The Bertz CT molecular complexity index is 1450. The molecular weight excluding hydrogens is 507 g/mol. The summed E-state index contributed by atoms with van der Waals surface area (Å²) in [6.45, 7) is 1.65. The molecule has 0 amide bonds. The van der Waals surface area contributed by atoms with Crippen molar-refractivity contribution in [1.82, 2.24) is 0 Å². The third-order valence-corrected chi connectivity index (χ3v) is 6.84. The lowest BCUT2D eigenvalue weighted by molar-refractivity contribution is 0.0280. The Morgan fingerprint density at radius 3 is 2.32 bits per heavy atom. The number of carbonyl (C=O) groups excluding carboxylic acids is 1. The molecule has 4 nitrogen and oxygen atoms in total. The smallest absolute Gasteiger partial charge is 0.341 e. The van der Waals surface area contributed by atoms with Crippen LogP contribution in [0.15, 0.2) is 48.5 Å². The number of epoxide rings is 1. The summed E-state index contributed by atoms with van der Waals surface area (Å²) in [5, 5.41) is 9.56. The van der Waals surface area contributed by atoms with Crippen molar-refractivity contribution < 1.29 is 41.3 Å². The average Bonchev–Trinajstić information content (AvgIpc) is 3.73. The monoisotopic (exact) mass is 530 g/mol. The van der Waals surface area contributed by atoms with Gasteiger partial charge in [0.2, 0.25) is 0 Å². The molecule has 2 aliphatic rings. The summed E-state index contributed by atoms with van der Waals surface area (Å²) in [6.07, 6.45) is 0.192. The van der Waals surface area contributed by atoms with E-state index in [-0.39, 0.29) is 46.2 Å². The van der Waals surface area contributed by atoms with Gasteiger partial charge >= 0.3 is 5.97 Å². The minimum atomic E-state index is -1.15. The number of allylic oxidation sites excluding steroid dienone is 1. The Morgan fingerprint density at radius 2 is 1.68 bits per heavy atom. The molecule has 3 atom stereocenters. The molecule has 1 aliphatic heterocycles. The summed E-state index contributed by atoms with van der Waals surface area (Å²) in [7, 11) is 0. The van der Waals surface area contributed by atoms with Crippen LogP contribution in [0.2, 0.25) is 0 Å². The number of esters is 1. The zero-order valence-corrected chi connectivity index (χ0v) is 20.2. The zero-order valence-electron chi connectivity index (χ0n) is 20.2. The average molecular weight is 530 g/mol. The Balaban J connectivity index is 1.27. The Morgan fingerprint density at radius 1 is 0.974 bits per heavy atom. The van der Waals surface area contributed by atoms with Crippen molar-refractivity contribution in [1.29, 1.82) is 0 Å². The minimum absolute atomic E-state index is 0.0554. The molecule has 38 heavy (non-hydrogen) atoms. The van der Waals surface area contributed by atoms with Crippen LogP contribution in [0, 0.1) is 29.1 Å². The molecule has 5 rings (SSSR count). The SMILES string of the molecule is CC(O)c1ccc(C2=CCC(OC(=O)c3ccc(-c4ccc(C5CO5)c(F)c4F)cc3F)CC2)c(F)c1F. The van der Waals surface area contributed by atoms with E-state index < -0.39 is 53.4 Å². The highest BCUT2D eigenvalue weighted by Gasteiger charge is 2.30. The predicted molar refractivity (Wildman–Crippen MR) is 128 cm³/mol. The molecule has 0 spiro atoms. The number of aliphatic hydroxyl groups is 1. The van der Waals surface area contributed by atoms with E-state index >= 15 is 0 Å². The molecule has 1 N–H and O–H groups in total. The summed E-state index contributed by atoms with van der Waals surface area (Å²) < 4.78 is 82.9. The van der Waals surface area contributed by atoms with Crippen molar-refractivity contribution in [2.24, 2.45) is 0 Å². The molecule has 0 bridgehead atoms. The van der Waals surface area contributed by atoms with Gasteiger partial charge in [-0.2, -0.15) is 0 Å². The van der Waals surface area contributed by atoms with E-state index in [1.807, 2.05) is 0 Å². The number of halogens is 5. The molecule has 0 radical (unpaired) electrons. The number of rotatable bonds is 6. The molecular formula is C29H23F5O4. The predicted octanol–water partition coefficient (Wildman–Crippen LogP) is 6.97. The summed E-state index contributed by atoms with van der Waals surface area (Å²) in [5.74, 6) is -6.23. The second-order valence-electron chi connectivity index (χ2n) is 9.38. The fourth-order valence-electron chi connectivity index (χ4n) is 4.62. The molecule has 1 fully saturated rings. The first-order valence-electron chi connectivity index (χ1n) is 12.1. The lowest BCUT2D eigenvalue weighted by atomic mass is 9.90. The first kappa shape index (κ1) is 26.1. The van der Waals surface area contributed by atoms with Gasteiger partial charge in [0, 0.05) is 28.7 Å². The molecule has 3 unspecified atom stereocenters. The lowest BCUT2D eigenvalue weighted by Crippen LogP contribution is -2.21. The number of hydrogen-bond donors (Lipinski definition) is 1. The number of benzene rings is 3. The van der Waals surface area contributed by atoms with Gasteiger partial charge < -0.3 is 14.6 Å². The van der Waals surface area contributed by atoms with Crippen molar-refractivity contribution in [3.63, 3.8) is 0 Å². The maximum atomic E-state index is 14.8. The zero-order chi connectivity index (χ0) is 27.1. The van der Waals surface area contributed by atoms with E-state index in [4.69, 9.17) is 9.47 Å². The molecule has 1 aliphatic carbocycles. The van der Waals surface area contributed by atoms with Crippen LogP contribution in [-0.4, -0.2) is 23.8 Å². The highest BCUT2D eigenvalue weighted by atomic mass is 19.2. The molecule has 0 saturated carbocycles. The molecule has 1 heterocycles. The van der Waals surface area contributed by atoms with Gasteiger partial charge in [-0.25, -0.2) is 26.7 Å². The van der Waals surface area contributed by atoms with Crippen LogP contribution in [0.4, 0.5) is 22.0 Å². The van der Waals surface area contributed by atoms with Gasteiger partial charge in [0.1, 0.15) is 18.0 Å².